The highest BCUT2D eigenvalue weighted by Gasteiger charge is 2.22. The number of imidazole rings is 3. The average Bonchev–Trinajstić information content (AvgIpc) is 1.65. The van der Waals surface area contributed by atoms with E-state index in [1.165, 1.54) is 5.56 Å². The summed E-state index contributed by atoms with van der Waals surface area (Å²) in [6.45, 7) is 16.9. The SMILES string of the molecule is C#CCOc1c(C)cc(Cn2c(CCCC)nc3c(N)nc4ccccc4c32)cc1CN.C#CCOc1ccc(Cn2c(CCCC)nc3c(N)nc4ccccc4c32)cc1.CCCCc1nc2c(N)nc3ccccc3c2n1Cc1cc(C)c(OCCC)c(CN)c1. The van der Waals surface area contributed by atoms with Crippen LogP contribution < -0.4 is 42.9 Å². The van der Waals surface area contributed by atoms with Gasteiger partial charge in [-0.1, -0.05) is 138 Å². The highest BCUT2D eigenvalue weighted by molar-refractivity contribution is 6.08. The number of aryl methyl sites for hydroxylation is 5. The molecule has 0 bridgehead atoms. The predicted octanol–water partition coefficient (Wildman–Crippen LogP) is 14.0. The first kappa shape index (κ1) is 65.7. The Morgan fingerprint density at radius 3 is 1.16 bits per heavy atom. The molecule has 6 aromatic heterocycles. The second kappa shape index (κ2) is 30.7. The van der Waals surface area contributed by atoms with Gasteiger partial charge in [0.15, 0.2) is 17.5 Å². The molecule has 6 heterocycles. The molecule has 478 valence electrons. The molecule has 93 heavy (non-hydrogen) atoms. The minimum atomic E-state index is 0.221. The van der Waals surface area contributed by atoms with Gasteiger partial charge in [0.05, 0.1) is 39.7 Å². The molecule has 0 amide bonds. The topological polar surface area (TPSA) is 250 Å². The quantitative estimate of drug-likeness (QED) is 0.0353. The summed E-state index contributed by atoms with van der Waals surface area (Å²) in [5.74, 6) is 12.0. The predicted molar refractivity (Wildman–Crippen MR) is 381 cm³/mol. The molecular formula is C76H86N14O3. The van der Waals surface area contributed by atoms with Crippen molar-refractivity contribution in [1.82, 2.24) is 43.6 Å². The van der Waals surface area contributed by atoms with Crippen molar-refractivity contribution >= 4 is 83.3 Å². The zero-order valence-electron chi connectivity index (χ0n) is 54.6. The lowest BCUT2D eigenvalue weighted by Crippen LogP contribution is -2.09. The second-order valence-corrected chi connectivity index (χ2v) is 23.5. The molecule has 12 rings (SSSR count). The number of terminal acetylenes is 2. The molecule has 0 radical (unpaired) electrons. The number of nitrogen functional groups attached to an aromatic ring is 3. The van der Waals surface area contributed by atoms with Crippen LogP contribution in [0, 0.1) is 38.5 Å². The van der Waals surface area contributed by atoms with Crippen molar-refractivity contribution in [2.75, 3.05) is 37.0 Å². The number of para-hydroxylation sites is 3. The number of hydrogen-bond donors (Lipinski definition) is 5. The summed E-state index contributed by atoms with van der Waals surface area (Å²) in [6.07, 6.45) is 20.8. The summed E-state index contributed by atoms with van der Waals surface area (Å²) in [4.78, 5) is 28.5. The maximum atomic E-state index is 6.34. The molecule has 0 aliphatic rings. The first-order valence-corrected chi connectivity index (χ1v) is 32.4. The maximum Gasteiger partial charge on any atom is 0.152 e. The Morgan fingerprint density at radius 2 is 0.796 bits per heavy atom. The van der Waals surface area contributed by atoms with Crippen molar-refractivity contribution in [3.63, 3.8) is 0 Å². The zero-order chi connectivity index (χ0) is 65.5. The van der Waals surface area contributed by atoms with Crippen LogP contribution in [0.15, 0.2) is 121 Å². The number of anilines is 3. The van der Waals surface area contributed by atoms with E-state index in [9.17, 15) is 0 Å². The molecule has 10 N–H and O–H groups in total. The van der Waals surface area contributed by atoms with Gasteiger partial charge in [-0.05, 0) is 110 Å². The van der Waals surface area contributed by atoms with Gasteiger partial charge in [-0.15, -0.1) is 12.8 Å². The minimum absolute atomic E-state index is 0.221. The minimum Gasteiger partial charge on any atom is -0.493 e. The third kappa shape index (κ3) is 14.6. The lowest BCUT2D eigenvalue weighted by molar-refractivity contribution is 0.312. The van der Waals surface area contributed by atoms with E-state index < -0.39 is 0 Å². The van der Waals surface area contributed by atoms with Crippen molar-refractivity contribution in [1.29, 1.82) is 0 Å². The highest BCUT2D eigenvalue weighted by atomic mass is 16.5. The van der Waals surface area contributed by atoms with E-state index in [1.54, 1.807) is 0 Å². The van der Waals surface area contributed by atoms with Gasteiger partial charge in [0.1, 0.15) is 64.5 Å². The first-order chi connectivity index (χ1) is 45.3. The van der Waals surface area contributed by atoms with Gasteiger partial charge < -0.3 is 56.6 Å². The molecule has 0 fully saturated rings. The van der Waals surface area contributed by atoms with E-state index >= 15 is 0 Å². The standard InChI is InChI=1S/C26H33N5O.C26H29N5O.C24H24N4O/c2*1-4-6-11-22-30-23-24(20-9-7-8-10-21(20)29-26(23)28)31(22)16-18-13-17(3)25(32-12-5-2)19(14-18)15-27;1-3-5-10-21-27-22-23(19-8-6-7-9-20(19)26-24(22)25)28(21)16-17-11-13-18(14-12-17)29-15-4-2/h7-10,13-14H,4-6,11-12,15-16,27H2,1-3H3,(H2,28,29);2,7-10,13-14H,4,6,11-12,15-16,27H2,1,3H3,(H2,28,29);2,6-9,11-14H,3,5,10,15-16H2,1H3,(H2,25,26). The van der Waals surface area contributed by atoms with Crippen LogP contribution in [0.4, 0.5) is 17.5 Å². The zero-order valence-corrected chi connectivity index (χ0v) is 54.6. The van der Waals surface area contributed by atoms with E-state index in [1.807, 2.05) is 73.7 Å². The number of aromatic nitrogens is 9. The number of nitrogens with zero attached hydrogens (tertiary/aromatic N) is 9. The number of unbranched alkanes of at least 4 members (excludes halogenated alkanes) is 3. The molecule has 0 spiro atoms. The number of benzene rings is 6. The molecule has 17 nitrogen and oxygen atoms in total. The van der Waals surface area contributed by atoms with Crippen molar-refractivity contribution in [3.05, 3.63) is 178 Å². The van der Waals surface area contributed by atoms with Gasteiger partial charge in [-0.3, -0.25) is 0 Å². The van der Waals surface area contributed by atoms with E-state index in [0.29, 0.717) is 56.8 Å². The van der Waals surface area contributed by atoms with Crippen LogP contribution in [-0.4, -0.2) is 63.4 Å². The maximum absolute atomic E-state index is 6.34. The van der Waals surface area contributed by atoms with Crippen molar-refractivity contribution < 1.29 is 14.2 Å². The molecule has 0 saturated heterocycles. The molecule has 0 aliphatic carbocycles. The summed E-state index contributed by atoms with van der Waals surface area (Å²) >= 11 is 0. The average molecular weight is 1240 g/mol. The lowest BCUT2D eigenvalue weighted by atomic mass is 10.0. The van der Waals surface area contributed by atoms with E-state index in [-0.39, 0.29) is 13.2 Å². The second-order valence-electron chi connectivity index (χ2n) is 23.5. The largest absolute Gasteiger partial charge is 0.493 e. The Bertz CT molecular complexity index is 4680. The van der Waals surface area contributed by atoms with Crippen LogP contribution in [0.2, 0.25) is 0 Å². The van der Waals surface area contributed by atoms with Gasteiger partial charge in [0.2, 0.25) is 0 Å². The Morgan fingerprint density at radius 1 is 0.430 bits per heavy atom. The van der Waals surface area contributed by atoms with Gasteiger partial charge in [-0.25, -0.2) is 29.9 Å². The van der Waals surface area contributed by atoms with Crippen LogP contribution in [-0.2, 0) is 52.0 Å². The number of pyridine rings is 3. The molecule has 0 atom stereocenters. The summed E-state index contributed by atoms with van der Waals surface area (Å²) in [5.41, 5.74) is 46.8. The molecule has 17 heteroatoms. The molecule has 0 unspecified atom stereocenters. The van der Waals surface area contributed by atoms with Crippen molar-refractivity contribution in [2.24, 2.45) is 11.5 Å². The number of fused-ring (bicyclic) bond motifs is 9. The highest BCUT2D eigenvalue weighted by Crippen LogP contribution is 2.36. The van der Waals surface area contributed by atoms with Crippen LogP contribution in [0.5, 0.6) is 17.2 Å². The first-order valence-electron chi connectivity index (χ1n) is 32.4. The summed E-state index contributed by atoms with van der Waals surface area (Å²) in [6, 6.07) is 40.9. The Labute approximate surface area is 545 Å². The monoisotopic (exact) mass is 1240 g/mol. The fourth-order valence-corrected chi connectivity index (χ4v) is 12.2. The fourth-order valence-electron chi connectivity index (χ4n) is 12.2. The summed E-state index contributed by atoms with van der Waals surface area (Å²) in [5, 5.41) is 3.20. The van der Waals surface area contributed by atoms with Gasteiger partial charge in [-0.2, -0.15) is 0 Å². The molecule has 0 saturated carbocycles. The number of hydrogen-bond acceptors (Lipinski definition) is 14. The Balaban J connectivity index is 0.000000153. The number of nitrogens with two attached hydrogens (primary N) is 5. The Hall–Kier alpha value is -10.2. The van der Waals surface area contributed by atoms with Crippen LogP contribution in [0.25, 0.3) is 65.8 Å². The molecular weight excluding hydrogens is 1160 g/mol. The fraction of sp³-hybridized carbons (Fsp3) is 0.316. The number of rotatable bonds is 24. The van der Waals surface area contributed by atoms with Crippen LogP contribution in [0.1, 0.15) is 129 Å². The lowest BCUT2D eigenvalue weighted by Gasteiger charge is -2.17. The summed E-state index contributed by atoms with van der Waals surface area (Å²) in [7, 11) is 0. The van der Waals surface area contributed by atoms with E-state index in [2.05, 4.69) is 130 Å². The van der Waals surface area contributed by atoms with Gasteiger partial charge in [0.25, 0.3) is 0 Å². The molecule has 0 aliphatic heterocycles. The Kier molecular flexibility index (Phi) is 21.7. The molecule has 6 aromatic carbocycles. The van der Waals surface area contributed by atoms with Gasteiger partial charge in [0, 0.05) is 79.3 Å². The third-order valence-electron chi connectivity index (χ3n) is 16.6. The van der Waals surface area contributed by atoms with Crippen molar-refractivity contribution in [2.45, 2.75) is 138 Å². The van der Waals surface area contributed by atoms with Crippen molar-refractivity contribution in [3.8, 4) is 41.9 Å². The molecule has 12 aromatic rings. The van der Waals surface area contributed by atoms with Crippen LogP contribution in [0.3, 0.4) is 0 Å². The van der Waals surface area contributed by atoms with Gasteiger partial charge >= 0.3 is 0 Å². The van der Waals surface area contributed by atoms with E-state index in [0.717, 1.165) is 198 Å². The third-order valence-corrected chi connectivity index (χ3v) is 16.6. The smallest absolute Gasteiger partial charge is 0.152 e. The van der Waals surface area contributed by atoms with Crippen LogP contribution >= 0.6 is 0 Å². The van der Waals surface area contributed by atoms with E-state index in [4.69, 9.17) is 70.7 Å². The summed E-state index contributed by atoms with van der Waals surface area (Å²) < 4.78 is 24.1. The number of ether oxygens (including phenoxy) is 3. The normalized spacial score (nSPS) is 11.2.